The van der Waals surface area contributed by atoms with Gasteiger partial charge in [0.15, 0.2) is 0 Å². The molecule has 0 saturated carbocycles. The van der Waals surface area contributed by atoms with E-state index in [4.69, 9.17) is 0 Å². The van der Waals surface area contributed by atoms with E-state index in [9.17, 15) is 0 Å². The molecule has 0 atom stereocenters. The van der Waals surface area contributed by atoms with Gasteiger partial charge in [-0.25, -0.2) is 0 Å². The summed E-state index contributed by atoms with van der Waals surface area (Å²) in [6.45, 7) is 0. The van der Waals surface area contributed by atoms with Gasteiger partial charge in [-0.05, 0) is 31.3 Å². The van der Waals surface area contributed by atoms with Crippen LogP contribution in [0.5, 0.6) is 0 Å². The number of nitrogens with zero attached hydrogens (tertiary/aromatic N) is 2. The van der Waals surface area contributed by atoms with Crippen molar-refractivity contribution < 1.29 is 20.4 Å². The Morgan fingerprint density at radius 3 is 0.933 bits per heavy atom. The predicted octanol–water partition coefficient (Wildman–Crippen LogP) is 1.74. The van der Waals surface area contributed by atoms with Crippen molar-refractivity contribution in [2.75, 3.05) is 7.05 Å². The minimum Gasteiger partial charge on any atom is -0.333 e. The van der Waals surface area contributed by atoms with Crippen LogP contribution in [0.25, 0.3) is 0 Å². The molecule has 0 fully saturated rings. The summed E-state index contributed by atoms with van der Waals surface area (Å²) in [5, 5.41) is 0. The molecule has 0 aliphatic rings. The molecule has 0 aromatic carbocycles. The SMILES string of the molecule is CN.[Re].c1ccncc1.c1ccncc1. The monoisotopic (exact) mass is 376 g/mol. The van der Waals surface area contributed by atoms with Crippen molar-refractivity contribution in [1.29, 1.82) is 0 Å². The van der Waals surface area contributed by atoms with E-state index in [0.29, 0.717) is 0 Å². The number of rotatable bonds is 0. The molecule has 0 unspecified atom stereocenters. The van der Waals surface area contributed by atoms with Gasteiger partial charge in [0.1, 0.15) is 0 Å². The smallest absolute Gasteiger partial charge is 0.0267 e. The van der Waals surface area contributed by atoms with Gasteiger partial charge in [-0.2, -0.15) is 0 Å². The number of nitrogens with two attached hydrogens (primary N) is 1. The molecular formula is C11H15N3Re. The summed E-state index contributed by atoms with van der Waals surface area (Å²) in [7, 11) is 1.50. The van der Waals surface area contributed by atoms with Gasteiger partial charge in [0, 0.05) is 45.2 Å². The van der Waals surface area contributed by atoms with Gasteiger partial charge in [0.25, 0.3) is 0 Å². The van der Waals surface area contributed by atoms with Crippen LogP contribution in [0, 0.1) is 0 Å². The van der Waals surface area contributed by atoms with Crippen LogP contribution in [-0.2, 0) is 20.4 Å². The second-order valence-electron chi connectivity index (χ2n) is 2.05. The maximum Gasteiger partial charge on any atom is 0.0267 e. The van der Waals surface area contributed by atoms with Gasteiger partial charge in [-0.15, -0.1) is 0 Å². The molecule has 2 heterocycles. The molecule has 2 aromatic heterocycles. The Labute approximate surface area is 104 Å². The van der Waals surface area contributed by atoms with Crippen LogP contribution in [0.4, 0.5) is 0 Å². The van der Waals surface area contributed by atoms with E-state index in [1.165, 1.54) is 7.05 Å². The Morgan fingerprint density at radius 1 is 0.600 bits per heavy atom. The van der Waals surface area contributed by atoms with Crippen molar-refractivity contribution in [2.24, 2.45) is 5.73 Å². The van der Waals surface area contributed by atoms with Gasteiger partial charge in [-0.3, -0.25) is 9.97 Å². The third-order valence-electron chi connectivity index (χ3n) is 1.13. The average molecular weight is 375 g/mol. The summed E-state index contributed by atoms with van der Waals surface area (Å²) < 4.78 is 0. The minimum absolute atomic E-state index is 0. The molecule has 2 N–H and O–H groups in total. The van der Waals surface area contributed by atoms with Crippen LogP contribution in [0.3, 0.4) is 0 Å². The van der Waals surface area contributed by atoms with Crippen molar-refractivity contribution in [3.63, 3.8) is 0 Å². The Bertz CT molecular complexity index is 191. The second-order valence-corrected chi connectivity index (χ2v) is 2.05. The molecule has 3 nitrogen and oxygen atoms in total. The van der Waals surface area contributed by atoms with Crippen LogP contribution in [0.15, 0.2) is 61.2 Å². The molecule has 0 saturated heterocycles. The zero-order chi connectivity index (χ0) is 10.5. The summed E-state index contributed by atoms with van der Waals surface area (Å²) in [5.41, 5.74) is 4.50. The molecule has 0 amide bonds. The maximum absolute atomic E-state index is 4.50. The van der Waals surface area contributed by atoms with E-state index in [2.05, 4.69) is 15.7 Å². The van der Waals surface area contributed by atoms with Crippen LogP contribution >= 0.6 is 0 Å². The molecule has 15 heavy (non-hydrogen) atoms. The zero-order valence-corrected chi connectivity index (χ0v) is 11.3. The van der Waals surface area contributed by atoms with Crippen molar-refractivity contribution in [2.45, 2.75) is 0 Å². The number of aromatic nitrogens is 2. The van der Waals surface area contributed by atoms with Crippen LogP contribution in [0.1, 0.15) is 0 Å². The summed E-state index contributed by atoms with van der Waals surface area (Å²) in [6.07, 6.45) is 7.00. The molecular weight excluding hydrogens is 360 g/mol. The average Bonchev–Trinajstić information content (AvgIpc) is 2.37. The van der Waals surface area contributed by atoms with Crippen molar-refractivity contribution in [3.8, 4) is 0 Å². The minimum atomic E-state index is 0. The summed E-state index contributed by atoms with van der Waals surface area (Å²) in [4.78, 5) is 7.57. The van der Waals surface area contributed by atoms with Gasteiger partial charge in [0.2, 0.25) is 0 Å². The summed E-state index contributed by atoms with van der Waals surface area (Å²) in [6, 6.07) is 11.4. The summed E-state index contributed by atoms with van der Waals surface area (Å²) in [5.74, 6) is 0. The quantitative estimate of drug-likeness (QED) is 0.763. The Hall–Kier alpha value is -1.08. The first-order chi connectivity index (χ1) is 7.00. The Kier molecular flexibility index (Phi) is 16.8. The fourth-order valence-electron chi connectivity index (χ4n) is 0.625. The fourth-order valence-corrected chi connectivity index (χ4v) is 0.625. The third kappa shape index (κ3) is 12.9. The maximum atomic E-state index is 4.50. The first kappa shape index (κ1) is 16.4. The molecule has 0 spiro atoms. The molecule has 2 aromatic rings. The standard InChI is InChI=1S/2C5H5N.CH5N.Re/c2*1-2-4-6-5-3-1;1-2;/h2*1-5H;2H2,1H3;. The fraction of sp³-hybridized carbons (Fsp3) is 0.0909. The normalized spacial score (nSPS) is 6.80. The van der Waals surface area contributed by atoms with Gasteiger partial charge in [-0.1, -0.05) is 12.1 Å². The van der Waals surface area contributed by atoms with E-state index in [1.54, 1.807) is 24.8 Å². The second kappa shape index (κ2) is 15.4. The largest absolute Gasteiger partial charge is 0.333 e. The van der Waals surface area contributed by atoms with Crippen LogP contribution < -0.4 is 5.73 Å². The molecule has 0 bridgehead atoms. The van der Waals surface area contributed by atoms with Gasteiger partial charge in [0.05, 0.1) is 0 Å². The van der Waals surface area contributed by atoms with Gasteiger partial charge < -0.3 is 5.73 Å². The molecule has 81 valence electrons. The molecule has 0 aliphatic carbocycles. The summed E-state index contributed by atoms with van der Waals surface area (Å²) >= 11 is 0. The van der Waals surface area contributed by atoms with Gasteiger partial charge >= 0.3 is 0 Å². The first-order valence-electron chi connectivity index (χ1n) is 4.28. The zero-order valence-electron chi connectivity index (χ0n) is 8.62. The number of hydrogen-bond donors (Lipinski definition) is 1. The first-order valence-corrected chi connectivity index (χ1v) is 4.28. The Morgan fingerprint density at radius 2 is 0.867 bits per heavy atom. The van der Waals surface area contributed by atoms with E-state index >= 15 is 0 Å². The number of hydrogen-bond acceptors (Lipinski definition) is 3. The number of pyridine rings is 2. The van der Waals surface area contributed by atoms with E-state index < -0.39 is 0 Å². The molecule has 0 aliphatic heterocycles. The molecule has 2 rings (SSSR count). The molecule has 4 heteroatoms. The van der Waals surface area contributed by atoms with Crippen molar-refractivity contribution in [1.82, 2.24) is 9.97 Å². The Balaban J connectivity index is 0. The molecule has 1 radical (unpaired) electrons. The van der Waals surface area contributed by atoms with Crippen molar-refractivity contribution >= 4 is 0 Å². The van der Waals surface area contributed by atoms with Crippen LogP contribution in [0.2, 0.25) is 0 Å². The topological polar surface area (TPSA) is 51.8 Å². The van der Waals surface area contributed by atoms with E-state index in [0.717, 1.165) is 0 Å². The van der Waals surface area contributed by atoms with E-state index in [-0.39, 0.29) is 20.4 Å². The van der Waals surface area contributed by atoms with Crippen molar-refractivity contribution in [3.05, 3.63) is 61.2 Å². The third-order valence-corrected chi connectivity index (χ3v) is 1.13. The van der Waals surface area contributed by atoms with E-state index in [1.807, 2.05) is 36.4 Å². The predicted molar refractivity (Wildman–Crippen MR) is 58.6 cm³/mol. The van der Waals surface area contributed by atoms with Crippen LogP contribution in [-0.4, -0.2) is 17.0 Å².